The maximum absolute atomic E-state index is 10.8. The van der Waals surface area contributed by atoms with E-state index >= 15 is 0 Å². The largest absolute Gasteiger partial charge is 0.494 e. The van der Waals surface area contributed by atoms with E-state index in [0.717, 1.165) is 0 Å². The van der Waals surface area contributed by atoms with Crippen LogP contribution in [0, 0.1) is 11.5 Å². The van der Waals surface area contributed by atoms with Crippen molar-refractivity contribution in [2.45, 2.75) is 0 Å². The lowest BCUT2D eigenvalue weighted by Crippen LogP contribution is -2.12. The number of ether oxygens (including phenoxy) is 1. The van der Waals surface area contributed by atoms with Crippen molar-refractivity contribution in [1.29, 1.82) is 5.26 Å². The minimum atomic E-state index is -1.04. The number of aliphatic imine (C=N–C) groups is 1. The molecule has 0 amide bonds. The zero-order valence-corrected chi connectivity index (χ0v) is 10.6. The summed E-state index contributed by atoms with van der Waals surface area (Å²) in [5.74, 6) is -0.703. The smallest absolute Gasteiger partial charge is 0.335 e. The van der Waals surface area contributed by atoms with E-state index in [-0.39, 0.29) is 5.56 Å². The third-order valence-electron chi connectivity index (χ3n) is 2.00. The highest BCUT2D eigenvalue weighted by atomic mass is 32.2. The minimum absolute atomic E-state index is 0.116. The Hall–Kier alpha value is -2.20. The normalized spacial score (nSPS) is 10.6. The molecule has 0 atom stereocenters. The summed E-state index contributed by atoms with van der Waals surface area (Å²) in [7, 11) is 1.43. The van der Waals surface area contributed by atoms with Crippen LogP contribution in [0.15, 0.2) is 23.2 Å². The van der Waals surface area contributed by atoms with Gasteiger partial charge in [-0.15, -0.1) is 0 Å². The second-order valence-corrected chi connectivity index (χ2v) is 3.84. The molecule has 0 fully saturated rings. The topological polar surface area (TPSA) is 94.7 Å². The Labute approximate surface area is 108 Å². The van der Waals surface area contributed by atoms with Gasteiger partial charge in [0, 0.05) is 0 Å². The number of rotatable bonds is 3. The summed E-state index contributed by atoms with van der Waals surface area (Å²) in [6.07, 6.45) is 3.53. The molecule has 0 radical (unpaired) electrons. The third-order valence-corrected chi connectivity index (χ3v) is 2.58. The first kappa shape index (κ1) is 13.9. The molecule has 2 N–H and O–H groups in total. The van der Waals surface area contributed by atoms with E-state index in [9.17, 15) is 4.79 Å². The van der Waals surface area contributed by atoms with Gasteiger partial charge in [0.05, 0.1) is 12.7 Å². The third kappa shape index (κ3) is 3.40. The van der Waals surface area contributed by atoms with E-state index in [1.165, 1.54) is 37.1 Å². The van der Waals surface area contributed by atoms with Gasteiger partial charge in [-0.05, 0) is 24.5 Å². The van der Waals surface area contributed by atoms with E-state index in [0.29, 0.717) is 16.6 Å². The molecule has 1 aromatic rings. The first-order valence-electron chi connectivity index (χ1n) is 4.81. The molecule has 0 bridgehead atoms. The van der Waals surface area contributed by atoms with Gasteiger partial charge in [0.15, 0.2) is 11.4 Å². The molecule has 18 heavy (non-hydrogen) atoms. The molecule has 0 aromatic heterocycles. The Morgan fingerprint density at radius 2 is 2.33 bits per heavy atom. The Kier molecular flexibility index (Phi) is 5.02. The van der Waals surface area contributed by atoms with Crippen molar-refractivity contribution in [3.8, 4) is 11.9 Å². The van der Waals surface area contributed by atoms with Crippen molar-refractivity contribution in [2.24, 2.45) is 4.99 Å². The fourth-order valence-corrected chi connectivity index (χ4v) is 1.52. The van der Waals surface area contributed by atoms with Crippen LogP contribution in [0.2, 0.25) is 0 Å². The summed E-state index contributed by atoms with van der Waals surface area (Å²) in [5, 5.41) is 20.2. The van der Waals surface area contributed by atoms with Crippen LogP contribution in [0.3, 0.4) is 0 Å². The quantitative estimate of drug-likeness (QED) is 0.374. The maximum atomic E-state index is 10.8. The van der Waals surface area contributed by atoms with Crippen molar-refractivity contribution in [2.75, 3.05) is 13.4 Å². The molecular formula is C11H11N3O3S. The number of hydrogen-bond acceptors (Lipinski definition) is 5. The number of benzene rings is 1. The highest BCUT2D eigenvalue weighted by Gasteiger charge is 2.09. The lowest BCUT2D eigenvalue weighted by atomic mass is 10.2. The Morgan fingerprint density at radius 3 is 2.83 bits per heavy atom. The average Bonchev–Trinajstić information content (AvgIpc) is 2.38. The van der Waals surface area contributed by atoms with Crippen LogP contribution in [-0.4, -0.2) is 29.6 Å². The number of carboxylic acid groups (broad SMARTS) is 1. The standard InChI is InChI=1S/C11H11N3O3S/c1-17-9-5-7(10(15)16)3-4-8(9)14-11(18-2)13-6-12/h3-5H,1-2H3,(H,13,14)(H,15,16). The molecule has 1 aromatic carbocycles. The Bertz CT molecular complexity index is 523. The first-order chi connectivity index (χ1) is 8.62. The molecule has 0 heterocycles. The fourth-order valence-electron chi connectivity index (χ4n) is 1.18. The molecule has 0 spiro atoms. The van der Waals surface area contributed by atoms with Crippen LogP contribution < -0.4 is 10.1 Å². The monoisotopic (exact) mass is 265 g/mol. The van der Waals surface area contributed by atoms with Gasteiger partial charge in [-0.2, -0.15) is 5.26 Å². The number of nitrogens with zero attached hydrogens (tertiary/aromatic N) is 2. The minimum Gasteiger partial charge on any atom is -0.494 e. The van der Waals surface area contributed by atoms with Crippen LogP contribution >= 0.6 is 11.8 Å². The molecule has 0 unspecified atom stereocenters. The number of amidine groups is 1. The van der Waals surface area contributed by atoms with Gasteiger partial charge in [0.1, 0.15) is 11.4 Å². The van der Waals surface area contributed by atoms with Gasteiger partial charge in [-0.3, -0.25) is 5.32 Å². The summed E-state index contributed by atoms with van der Waals surface area (Å²) in [4.78, 5) is 15.0. The number of nitriles is 1. The zero-order valence-electron chi connectivity index (χ0n) is 9.80. The second-order valence-electron chi connectivity index (χ2n) is 3.05. The Morgan fingerprint density at radius 1 is 1.61 bits per heavy atom. The molecule has 6 nitrogen and oxygen atoms in total. The van der Waals surface area contributed by atoms with E-state index in [1.54, 1.807) is 12.4 Å². The van der Waals surface area contributed by atoms with E-state index in [2.05, 4.69) is 10.3 Å². The molecule has 0 aliphatic rings. The first-order valence-corrected chi connectivity index (χ1v) is 6.04. The maximum Gasteiger partial charge on any atom is 0.335 e. The van der Waals surface area contributed by atoms with Crippen molar-refractivity contribution in [1.82, 2.24) is 5.32 Å². The van der Waals surface area contributed by atoms with Crippen LogP contribution in [-0.2, 0) is 0 Å². The fraction of sp³-hybridized carbons (Fsp3) is 0.182. The molecule has 94 valence electrons. The molecule has 0 aliphatic carbocycles. The number of aromatic carboxylic acids is 1. The number of carboxylic acids is 1. The van der Waals surface area contributed by atoms with Crippen molar-refractivity contribution < 1.29 is 14.6 Å². The summed E-state index contributed by atoms with van der Waals surface area (Å²) in [6.45, 7) is 0. The van der Waals surface area contributed by atoms with Crippen LogP contribution in [0.4, 0.5) is 5.69 Å². The van der Waals surface area contributed by atoms with E-state index < -0.39 is 5.97 Å². The predicted molar refractivity (Wildman–Crippen MR) is 69.3 cm³/mol. The molecule has 0 aliphatic heterocycles. The van der Waals surface area contributed by atoms with Crippen molar-refractivity contribution in [3.05, 3.63) is 23.8 Å². The number of carbonyl (C=O) groups is 1. The molecule has 1 rings (SSSR count). The zero-order chi connectivity index (χ0) is 13.5. The van der Waals surface area contributed by atoms with Crippen LogP contribution in [0.1, 0.15) is 10.4 Å². The average molecular weight is 265 g/mol. The number of hydrogen-bond donors (Lipinski definition) is 2. The Balaban J connectivity index is 3.17. The lowest BCUT2D eigenvalue weighted by Gasteiger charge is -2.06. The number of nitrogens with one attached hydrogen (secondary N) is 1. The second kappa shape index (κ2) is 6.51. The number of methoxy groups -OCH3 is 1. The van der Waals surface area contributed by atoms with Gasteiger partial charge < -0.3 is 9.84 Å². The molecule has 0 saturated carbocycles. The van der Waals surface area contributed by atoms with Crippen LogP contribution in [0.25, 0.3) is 0 Å². The number of thioether (sulfide) groups is 1. The van der Waals surface area contributed by atoms with Gasteiger partial charge in [-0.1, -0.05) is 11.8 Å². The van der Waals surface area contributed by atoms with Gasteiger partial charge >= 0.3 is 5.97 Å². The van der Waals surface area contributed by atoms with Crippen molar-refractivity contribution >= 4 is 28.6 Å². The van der Waals surface area contributed by atoms with Gasteiger partial charge in [0.25, 0.3) is 0 Å². The van der Waals surface area contributed by atoms with Gasteiger partial charge in [-0.25, -0.2) is 9.79 Å². The summed E-state index contributed by atoms with van der Waals surface area (Å²) >= 11 is 1.26. The highest BCUT2D eigenvalue weighted by molar-refractivity contribution is 8.13. The summed E-state index contributed by atoms with van der Waals surface area (Å²) in [5.41, 5.74) is 0.569. The van der Waals surface area contributed by atoms with E-state index in [4.69, 9.17) is 15.1 Å². The molecular weight excluding hydrogens is 254 g/mol. The molecule has 0 saturated heterocycles. The SMILES string of the molecule is COc1cc(C(=O)O)ccc1N=C(NC#N)SC. The predicted octanol–water partition coefficient (Wildman–Crippen LogP) is 1.81. The summed E-state index contributed by atoms with van der Waals surface area (Å²) in [6, 6.07) is 4.33. The van der Waals surface area contributed by atoms with Crippen molar-refractivity contribution in [3.63, 3.8) is 0 Å². The molecule has 7 heteroatoms. The van der Waals surface area contributed by atoms with Crippen LogP contribution in [0.5, 0.6) is 5.75 Å². The lowest BCUT2D eigenvalue weighted by molar-refractivity contribution is 0.0696. The highest BCUT2D eigenvalue weighted by Crippen LogP contribution is 2.29. The van der Waals surface area contributed by atoms with E-state index in [1.807, 2.05) is 0 Å². The summed E-state index contributed by atoms with van der Waals surface area (Å²) < 4.78 is 5.07. The van der Waals surface area contributed by atoms with Gasteiger partial charge in [0.2, 0.25) is 0 Å².